The normalized spacial score (nSPS) is 18.6. The van der Waals surface area contributed by atoms with Crippen LogP contribution in [0, 0.1) is 5.92 Å². The number of amides is 4. The van der Waals surface area contributed by atoms with Gasteiger partial charge in [0.25, 0.3) is 6.57 Å². The van der Waals surface area contributed by atoms with Crippen molar-refractivity contribution in [3.8, 4) is 0 Å². The van der Waals surface area contributed by atoms with Crippen LogP contribution in [0.15, 0.2) is 0 Å². The van der Waals surface area contributed by atoms with Crippen LogP contribution in [0.4, 0.5) is 0 Å². The van der Waals surface area contributed by atoms with Crippen molar-refractivity contribution < 1.29 is 52.2 Å². The number of nitrogens with two attached hydrogens (primary N) is 2. The molecule has 1 aliphatic rings. The Hall–Kier alpha value is -2.15. The Morgan fingerprint density at radius 1 is 0.854 bits per heavy atom. The van der Waals surface area contributed by atoms with Crippen LogP contribution >= 0.6 is 18.8 Å². The van der Waals surface area contributed by atoms with Crippen molar-refractivity contribution in [2.45, 2.75) is 89.3 Å². The molecule has 1 rings (SSSR count). The number of hydrogen-bond donors (Lipinski definition) is 7. The lowest BCUT2D eigenvalue weighted by atomic mass is 9.86. The van der Waals surface area contributed by atoms with E-state index in [1.165, 1.54) is 0 Å². The molecule has 278 valence electrons. The van der Waals surface area contributed by atoms with E-state index in [2.05, 4.69) is 43.2 Å². The lowest BCUT2D eigenvalue weighted by Gasteiger charge is -2.30. The van der Waals surface area contributed by atoms with Crippen molar-refractivity contribution in [1.82, 2.24) is 21.3 Å². The minimum absolute atomic E-state index is 0.00622. The number of rotatable bonds is 28. The highest BCUT2D eigenvalue weighted by Gasteiger charge is 2.32. The Labute approximate surface area is 287 Å². The number of carbonyl (C=O) groups is 5. The predicted molar refractivity (Wildman–Crippen MR) is 180 cm³/mol. The molecule has 48 heavy (non-hydrogen) atoms. The molecule has 0 radical (unpaired) electrons. The maximum atomic E-state index is 13.2. The van der Waals surface area contributed by atoms with Crippen LogP contribution in [0.5, 0.6) is 0 Å². The lowest BCUT2D eigenvalue weighted by Crippen LogP contribution is -2.50. The Kier molecular flexibility index (Phi) is 24.4. The average molecular weight is 727 g/mol. The molecule has 0 spiro atoms. The topological polar surface area (TPSA) is 249 Å². The van der Waals surface area contributed by atoms with Crippen LogP contribution in [-0.2, 0) is 52.2 Å². The molecule has 8 N–H and O–H groups in total. The number of carbonyl (C=O) groups excluding carboxylic acids is 5. The van der Waals surface area contributed by atoms with Gasteiger partial charge >= 0.3 is 0 Å². The maximum Gasteiger partial charge on any atom is 0.255 e. The number of aldehydes is 1. The minimum atomic E-state index is -3.00. The average Bonchev–Trinajstić information content (AvgIpc) is 3.07. The molecule has 0 aromatic heterocycles. The van der Waals surface area contributed by atoms with E-state index in [-0.39, 0.29) is 102 Å². The van der Waals surface area contributed by atoms with Gasteiger partial charge in [-0.15, -0.1) is 0 Å². The summed E-state index contributed by atoms with van der Waals surface area (Å²) < 4.78 is 28.9. The summed E-state index contributed by atoms with van der Waals surface area (Å²) in [7, 11) is 0. The SMILES string of the molecule is CCCCP(=O)(S)O[C@H]1CC[C@@H](C(=O)NC(CCC(=O)NC(C=O)CCC(=O)NCCOCCON)C(=O)NCCOCCON)CC1. The molecule has 1 saturated carbocycles. The van der Waals surface area contributed by atoms with Crippen LogP contribution in [0.25, 0.3) is 0 Å². The number of unbranched alkanes of at least 4 members (excludes halogenated alkanes) is 1. The van der Waals surface area contributed by atoms with E-state index in [0.717, 1.165) is 12.8 Å². The monoisotopic (exact) mass is 726 g/mol. The summed E-state index contributed by atoms with van der Waals surface area (Å²) in [4.78, 5) is 71.4. The van der Waals surface area contributed by atoms with E-state index in [1.54, 1.807) is 0 Å². The second-order valence-corrected chi connectivity index (χ2v) is 15.1. The van der Waals surface area contributed by atoms with E-state index in [1.807, 2.05) is 6.92 Å². The number of nitrogens with one attached hydrogen (secondary N) is 4. The zero-order chi connectivity index (χ0) is 35.6. The highest BCUT2D eigenvalue weighted by molar-refractivity contribution is 8.46. The van der Waals surface area contributed by atoms with Gasteiger partial charge in [-0.05, 0) is 44.9 Å². The zero-order valence-electron chi connectivity index (χ0n) is 27.9. The van der Waals surface area contributed by atoms with Gasteiger partial charge in [0.05, 0.1) is 51.8 Å². The molecule has 0 aromatic rings. The first-order valence-corrected chi connectivity index (χ1v) is 19.4. The van der Waals surface area contributed by atoms with Crippen LogP contribution in [0.2, 0.25) is 0 Å². The van der Waals surface area contributed by atoms with Gasteiger partial charge in [-0.25, -0.2) is 11.8 Å². The van der Waals surface area contributed by atoms with Gasteiger partial charge in [0.1, 0.15) is 12.3 Å². The largest absolute Gasteiger partial charge is 0.377 e. The fourth-order valence-electron chi connectivity index (χ4n) is 4.79. The van der Waals surface area contributed by atoms with Crippen molar-refractivity contribution in [3.63, 3.8) is 0 Å². The summed E-state index contributed by atoms with van der Waals surface area (Å²) in [5, 5.41) is 10.7. The molecule has 19 heteroatoms. The van der Waals surface area contributed by atoms with Crippen molar-refractivity contribution in [2.75, 3.05) is 58.9 Å². The first kappa shape index (κ1) is 43.9. The number of thiol groups is 1. The van der Waals surface area contributed by atoms with Crippen molar-refractivity contribution in [3.05, 3.63) is 0 Å². The van der Waals surface area contributed by atoms with E-state index < -0.39 is 30.5 Å². The van der Waals surface area contributed by atoms with Gasteiger partial charge in [0.2, 0.25) is 23.6 Å². The van der Waals surface area contributed by atoms with Crippen LogP contribution in [-0.4, -0.2) is 107 Å². The molecular weight excluding hydrogens is 671 g/mol. The van der Waals surface area contributed by atoms with Gasteiger partial charge in [0.15, 0.2) is 0 Å². The molecule has 0 aliphatic heterocycles. The molecule has 0 aromatic carbocycles. The number of hydrogen-bond acceptors (Lipinski definition) is 13. The first-order chi connectivity index (χ1) is 23.0. The fourth-order valence-corrected chi connectivity index (χ4v) is 7.11. The van der Waals surface area contributed by atoms with Crippen molar-refractivity contribution >= 4 is 48.7 Å². The van der Waals surface area contributed by atoms with Gasteiger partial charge in [-0.3, -0.25) is 23.7 Å². The highest BCUT2D eigenvalue weighted by atomic mass is 32.7. The van der Waals surface area contributed by atoms with Crippen molar-refractivity contribution in [1.29, 1.82) is 0 Å². The minimum Gasteiger partial charge on any atom is -0.377 e. The van der Waals surface area contributed by atoms with Gasteiger partial charge in [0, 0.05) is 38.0 Å². The van der Waals surface area contributed by atoms with E-state index >= 15 is 0 Å². The lowest BCUT2D eigenvalue weighted by molar-refractivity contribution is -0.133. The standard InChI is InChI=1S/C29H55N6O11PS/c1-2-3-20-47(41,48)46-24-7-4-22(5-8-24)28(39)35-25(29(40)33-13-15-43-17-19-45-31)9-11-27(38)34-23(21-36)6-10-26(37)32-12-14-42-16-18-44-30/h21-25H,2-20,30-31H2,1H3,(H,32,37)(H,33,40)(H,34,38)(H,35,39)(H,41,48)/t22-,23?,24+,25?,47?. The smallest absolute Gasteiger partial charge is 0.255 e. The summed E-state index contributed by atoms with van der Waals surface area (Å²) in [5.41, 5.74) is 0. The quantitative estimate of drug-likeness (QED) is 0.0188. The van der Waals surface area contributed by atoms with Crippen LogP contribution in [0.3, 0.4) is 0 Å². The Balaban J connectivity index is 2.63. The molecular formula is C29H55N6O11PS. The molecule has 4 amide bonds. The third-order valence-corrected chi connectivity index (χ3v) is 9.84. The first-order valence-electron chi connectivity index (χ1n) is 16.4. The Morgan fingerprint density at radius 3 is 2.04 bits per heavy atom. The van der Waals surface area contributed by atoms with E-state index in [9.17, 15) is 28.5 Å². The van der Waals surface area contributed by atoms with Gasteiger partial charge in [-0.2, -0.15) is 0 Å². The summed E-state index contributed by atoms with van der Waals surface area (Å²) >= 11 is 4.23. The van der Waals surface area contributed by atoms with Crippen LogP contribution in [0.1, 0.15) is 71.1 Å². The molecule has 0 saturated heterocycles. The molecule has 17 nitrogen and oxygen atoms in total. The Bertz CT molecular complexity index is 1010. The summed E-state index contributed by atoms with van der Waals surface area (Å²) in [6, 6.07) is -1.94. The maximum absolute atomic E-state index is 13.2. The van der Waals surface area contributed by atoms with E-state index in [4.69, 9.17) is 25.8 Å². The van der Waals surface area contributed by atoms with E-state index in [0.29, 0.717) is 38.1 Å². The molecule has 1 aliphatic carbocycles. The molecule has 0 heterocycles. The van der Waals surface area contributed by atoms with Crippen LogP contribution < -0.4 is 33.1 Å². The highest BCUT2D eigenvalue weighted by Crippen LogP contribution is 2.54. The van der Waals surface area contributed by atoms with Crippen molar-refractivity contribution in [2.24, 2.45) is 17.7 Å². The molecule has 0 bridgehead atoms. The summed E-state index contributed by atoms with van der Waals surface area (Å²) in [6.07, 6.45) is 4.21. The van der Waals surface area contributed by atoms with Gasteiger partial charge in [-0.1, -0.05) is 25.6 Å². The van der Waals surface area contributed by atoms with Gasteiger partial charge < -0.3 is 49.7 Å². The summed E-state index contributed by atoms with van der Waals surface area (Å²) in [5.74, 6) is 7.81. The second-order valence-electron chi connectivity index (χ2n) is 11.3. The Morgan fingerprint density at radius 2 is 1.46 bits per heavy atom. The predicted octanol–water partition coefficient (Wildman–Crippen LogP) is 0.260. The molecule has 3 unspecified atom stereocenters. The molecule has 3 atom stereocenters. The zero-order valence-corrected chi connectivity index (χ0v) is 29.7. The third-order valence-electron chi connectivity index (χ3n) is 7.44. The fraction of sp³-hybridized carbons (Fsp3) is 0.828. The number of ether oxygens (including phenoxy) is 2. The second kappa shape index (κ2) is 26.7. The summed E-state index contributed by atoms with van der Waals surface area (Å²) in [6.45, 7) is 0.786. The third kappa shape index (κ3) is 21.0. The molecule has 1 fully saturated rings.